The van der Waals surface area contributed by atoms with Crippen LogP contribution in [0.4, 0.5) is 0 Å². The Morgan fingerprint density at radius 3 is 2.76 bits per heavy atom. The Morgan fingerprint density at radius 2 is 2.00 bits per heavy atom. The van der Waals surface area contributed by atoms with Gasteiger partial charge in [-0.25, -0.2) is 0 Å². The number of thiophene rings is 1. The molecular formula is C14H12OS2. The number of benzene rings is 1. The Kier molecular flexibility index (Phi) is 2.95. The second kappa shape index (κ2) is 4.59. The molecular weight excluding hydrogens is 248 g/mol. The second-order valence-electron chi connectivity index (χ2n) is 3.68. The molecule has 86 valence electrons. The van der Waals surface area contributed by atoms with E-state index in [1.54, 1.807) is 23.1 Å². The highest BCUT2D eigenvalue weighted by molar-refractivity contribution is 7.99. The molecule has 1 nitrogen and oxygen atoms in total. The molecule has 3 aromatic rings. The van der Waals surface area contributed by atoms with E-state index in [9.17, 15) is 0 Å². The lowest BCUT2D eigenvalue weighted by Crippen LogP contribution is -1.71. The van der Waals surface area contributed by atoms with E-state index in [4.69, 9.17) is 4.42 Å². The van der Waals surface area contributed by atoms with Gasteiger partial charge >= 0.3 is 0 Å². The quantitative estimate of drug-likeness (QED) is 0.595. The molecule has 0 amide bonds. The lowest BCUT2D eigenvalue weighted by molar-refractivity contribution is 0.495. The standard InChI is InChI=1S/C14H12OS2/c1-2-16-14-11-8-9-17-13(11)12(15-14)10-6-4-3-5-7-10/h3-9H,2H2,1H3. The summed E-state index contributed by atoms with van der Waals surface area (Å²) < 4.78 is 7.26. The molecule has 0 unspecified atom stereocenters. The van der Waals surface area contributed by atoms with E-state index in [0.717, 1.165) is 22.2 Å². The van der Waals surface area contributed by atoms with E-state index >= 15 is 0 Å². The average Bonchev–Trinajstić information content (AvgIpc) is 2.94. The molecule has 0 saturated carbocycles. The lowest BCUT2D eigenvalue weighted by atomic mass is 10.2. The van der Waals surface area contributed by atoms with Crippen molar-refractivity contribution in [3.8, 4) is 11.3 Å². The van der Waals surface area contributed by atoms with Gasteiger partial charge in [0.1, 0.15) is 0 Å². The average molecular weight is 260 g/mol. The van der Waals surface area contributed by atoms with Gasteiger partial charge in [0.15, 0.2) is 10.9 Å². The van der Waals surface area contributed by atoms with Crippen molar-refractivity contribution in [3.05, 3.63) is 41.8 Å². The van der Waals surface area contributed by atoms with Crippen molar-refractivity contribution in [3.63, 3.8) is 0 Å². The molecule has 0 aliphatic rings. The Morgan fingerprint density at radius 1 is 1.18 bits per heavy atom. The van der Waals surface area contributed by atoms with Gasteiger partial charge in [-0.2, -0.15) is 0 Å². The number of hydrogen-bond acceptors (Lipinski definition) is 3. The molecule has 0 bridgehead atoms. The van der Waals surface area contributed by atoms with Gasteiger partial charge in [-0.1, -0.05) is 49.0 Å². The summed E-state index contributed by atoms with van der Waals surface area (Å²) >= 11 is 3.51. The zero-order chi connectivity index (χ0) is 11.7. The number of rotatable bonds is 3. The molecule has 0 spiro atoms. The van der Waals surface area contributed by atoms with Crippen molar-refractivity contribution in [1.29, 1.82) is 0 Å². The fourth-order valence-corrected chi connectivity index (χ4v) is 3.55. The topological polar surface area (TPSA) is 13.1 Å². The summed E-state index contributed by atoms with van der Waals surface area (Å²) in [4.78, 5) is 0. The number of thioether (sulfide) groups is 1. The Bertz CT molecular complexity index is 622. The molecule has 0 aliphatic carbocycles. The number of furan rings is 1. The molecule has 0 saturated heterocycles. The highest BCUT2D eigenvalue weighted by Gasteiger charge is 2.15. The summed E-state index contributed by atoms with van der Waals surface area (Å²) in [5.74, 6) is 2.04. The van der Waals surface area contributed by atoms with Crippen LogP contribution < -0.4 is 0 Å². The Hall–Kier alpha value is -1.19. The van der Waals surface area contributed by atoms with Crippen molar-refractivity contribution in [2.75, 3.05) is 5.75 Å². The van der Waals surface area contributed by atoms with Crippen molar-refractivity contribution >= 4 is 33.2 Å². The van der Waals surface area contributed by atoms with Crippen molar-refractivity contribution in [1.82, 2.24) is 0 Å². The molecule has 2 heterocycles. The van der Waals surface area contributed by atoms with Crippen LogP contribution in [0, 0.1) is 0 Å². The zero-order valence-corrected chi connectivity index (χ0v) is 11.1. The minimum Gasteiger partial charge on any atom is -0.448 e. The van der Waals surface area contributed by atoms with Crippen LogP contribution in [0.25, 0.3) is 21.4 Å². The van der Waals surface area contributed by atoms with Crippen LogP contribution in [-0.4, -0.2) is 5.75 Å². The smallest absolute Gasteiger partial charge is 0.169 e. The van der Waals surface area contributed by atoms with Gasteiger partial charge < -0.3 is 4.42 Å². The summed E-state index contributed by atoms with van der Waals surface area (Å²) in [6, 6.07) is 12.5. The third-order valence-electron chi connectivity index (χ3n) is 2.60. The highest BCUT2D eigenvalue weighted by atomic mass is 32.2. The van der Waals surface area contributed by atoms with E-state index in [1.807, 2.05) is 18.2 Å². The van der Waals surface area contributed by atoms with E-state index in [0.29, 0.717) is 0 Å². The van der Waals surface area contributed by atoms with Crippen LogP contribution in [0.1, 0.15) is 6.92 Å². The summed E-state index contributed by atoms with van der Waals surface area (Å²) in [7, 11) is 0. The maximum atomic E-state index is 6.01. The molecule has 0 N–H and O–H groups in total. The molecule has 17 heavy (non-hydrogen) atoms. The largest absolute Gasteiger partial charge is 0.448 e. The van der Waals surface area contributed by atoms with Crippen LogP contribution in [0.5, 0.6) is 0 Å². The summed E-state index contributed by atoms with van der Waals surface area (Å²) in [5, 5.41) is 4.43. The normalized spacial score (nSPS) is 11.1. The van der Waals surface area contributed by atoms with Gasteiger partial charge in [0, 0.05) is 10.9 Å². The van der Waals surface area contributed by atoms with Gasteiger partial charge in [0.2, 0.25) is 0 Å². The predicted molar refractivity (Wildman–Crippen MR) is 75.9 cm³/mol. The van der Waals surface area contributed by atoms with E-state index in [2.05, 4.69) is 30.5 Å². The summed E-state index contributed by atoms with van der Waals surface area (Å²) in [5.41, 5.74) is 1.16. The zero-order valence-electron chi connectivity index (χ0n) is 9.47. The molecule has 0 aliphatic heterocycles. The van der Waals surface area contributed by atoms with Gasteiger partial charge in [-0.3, -0.25) is 0 Å². The molecule has 0 radical (unpaired) electrons. The molecule has 2 aromatic heterocycles. The maximum Gasteiger partial charge on any atom is 0.169 e. The first-order chi connectivity index (χ1) is 8.40. The second-order valence-corrected chi connectivity index (χ2v) is 5.83. The number of fused-ring (bicyclic) bond motifs is 1. The SMILES string of the molecule is CCSc1oc(-c2ccccc2)c2sccc12. The van der Waals surface area contributed by atoms with Crippen LogP contribution in [0.2, 0.25) is 0 Å². The van der Waals surface area contributed by atoms with Gasteiger partial charge in [-0.05, 0) is 17.2 Å². The maximum absolute atomic E-state index is 6.01. The molecule has 3 heteroatoms. The first kappa shape index (κ1) is 10.9. The van der Waals surface area contributed by atoms with E-state index in [-0.39, 0.29) is 0 Å². The third kappa shape index (κ3) is 1.90. The van der Waals surface area contributed by atoms with E-state index < -0.39 is 0 Å². The first-order valence-corrected chi connectivity index (χ1v) is 7.45. The van der Waals surface area contributed by atoms with Gasteiger partial charge in [0.05, 0.1) is 4.70 Å². The van der Waals surface area contributed by atoms with Gasteiger partial charge in [0.25, 0.3) is 0 Å². The molecule has 0 atom stereocenters. The minimum absolute atomic E-state index is 1.01. The molecule has 3 rings (SSSR count). The summed E-state index contributed by atoms with van der Waals surface area (Å²) in [6.45, 7) is 2.15. The predicted octanol–water partition coefficient (Wildman–Crippen LogP) is 5.27. The molecule has 0 fully saturated rings. The molecule has 1 aromatic carbocycles. The van der Waals surface area contributed by atoms with Crippen molar-refractivity contribution in [2.45, 2.75) is 12.0 Å². The van der Waals surface area contributed by atoms with Gasteiger partial charge in [-0.15, -0.1) is 11.3 Å². The van der Waals surface area contributed by atoms with E-state index in [1.165, 1.54) is 10.1 Å². The first-order valence-electron chi connectivity index (χ1n) is 5.58. The van der Waals surface area contributed by atoms with Crippen LogP contribution in [0.3, 0.4) is 0 Å². The highest BCUT2D eigenvalue weighted by Crippen LogP contribution is 2.41. The fourth-order valence-electron chi connectivity index (χ4n) is 1.86. The minimum atomic E-state index is 1.01. The van der Waals surface area contributed by atoms with Crippen LogP contribution >= 0.6 is 23.1 Å². The Labute approximate surface area is 108 Å². The third-order valence-corrected chi connectivity index (χ3v) is 4.36. The van der Waals surface area contributed by atoms with Crippen LogP contribution in [0.15, 0.2) is 51.3 Å². The fraction of sp³-hybridized carbons (Fsp3) is 0.143. The van der Waals surface area contributed by atoms with Crippen molar-refractivity contribution < 1.29 is 4.42 Å². The lowest BCUT2D eigenvalue weighted by Gasteiger charge is -1.96. The Balaban J connectivity index is 2.20. The summed E-state index contributed by atoms with van der Waals surface area (Å²) in [6.07, 6.45) is 0. The van der Waals surface area contributed by atoms with Crippen molar-refractivity contribution in [2.24, 2.45) is 0 Å². The monoisotopic (exact) mass is 260 g/mol. The number of hydrogen-bond donors (Lipinski definition) is 0. The van der Waals surface area contributed by atoms with Crippen LogP contribution in [-0.2, 0) is 0 Å².